The minimum absolute atomic E-state index is 0.0886. The normalized spacial score (nSPS) is 15.5. The number of furan rings is 1. The summed E-state index contributed by atoms with van der Waals surface area (Å²) in [5, 5.41) is 13.8. The zero-order valence-electron chi connectivity index (χ0n) is 17.0. The van der Waals surface area contributed by atoms with Crippen LogP contribution in [-0.2, 0) is 9.53 Å². The molecule has 1 N–H and O–H groups in total. The highest BCUT2D eigenvalue weighted by Gasteiger charge is 2.25. The van der Waals surface area contributed by atoms with Crippen LogP contribution in [0.25, 0.3) is 0 Å². The molecule has 0 spiro atoms. The number of nitrogens with one attached hydrogen (secondary N) is 1. The second-order valence-electron chi connectivity index (χ2n) is 7.51. The first-order chi connectivity index (χ1) is 14.3. The number of rotatable bonds is 7. The van der Waals surface area contributed by atoms with Gasteiger partial charge in [-0.1, -0.05) is 6.92 Å². The van der Waals surface area contributed by atoms with Gasteiger partial charge in [0, 0.05) is 25.2 Å². The number of piperidine rings is 1. The Morgan fingerprint density at radius 1 is 1.33 bits per heavy atom. The van der Waals surface area contributed by atoms with Gasteiger partial charge >= 0.3 is 5.97 Å². The number of benzene rings is 1. The molecule has 1 amide bonds. The van der Waals surface area contributed by atoms with Gasteiger partial charge in [-0.3, -0.25) is 14.9 Å². The summed E-state index contributed by atoms with van der Waals surface area (Å²) in [4.78, 5) is 37.5. The number of esters is 1. The van der Waals surface area contributed by atoms with Crippen LogP contribution in [0.4, 0.5) is 11.4 Å². The van der Waals surface area contributed by atoms with Gasteiger partial charge in [0.2, 0.25) is 0 Å². The van der Waals surface area contributed by atoms with Gasteiger partial charge in [-0.25, -0.2) is 4.79 Å². The lowest BCUT2D eigenvalue weighted by Gasteiger charge is -2.33. The summed E-state index contributed by atoms with van der Waals surface area (Å²) < 4.78 is 10.4. The van der Waals surface area contributed by atoms with Gasteiger partial charge in [0.1, 0.15) is 5.76 Å². The van der Waals surface area contributed by atoms with Crippen molar-refractivity contribution in [3.63, 3.8) is 0 Å². The van der Waals surface area contributed by atoms with Gasteiger partial charge in [0.15, 0.2) is 6.61 Å². The van der Waals surface area contributed by atoms with Crippen molar-refractivity contribution in [2.75, 3.05) is 24.6 Å². The fourth-order valence-electron chi connectivity index (χ4n) is 3.43. The smallest absolute Gasteiger partial charge is 0.341 e. The lowest BCUT2D eigenvalue weighted by molar-refractivity contribution is -0.384. The average molecular weight is 415 g/mol. The number of hydrogen-bond donors (Lipinski definition) is 1. The first kappa shape index (κ1) is 21.4. The number of anilines is 1. The van der Waals surface area contributed by atoms with Crippen molar-refractivity contribution in [3.8, 4) is 0 Å². The van der Waals surface area contributed by atoms with Crippen molar-refractivity contribution < 1.29 is 23.7 Å². The van der Waals surface area contributed by atoms with E-state index in [1.54, 1.807) is 25.1 Å². The van der Waals surface area contributed by atoms with E-state index in [-0.39, 0.29) is 17.3 Å². The Bertz CT molecular complexity index is 903. The fourth-order valence-corrected chi connectivity index (χ4v) is 3.43. The minimum atomic E-state index is -0.770. The zero-order chi connectivity index (χ0) is 21.7. The Kier molecular flexibility index (Phi) is 6.71. The van der Waals surface area contributed by atoms with Crippen LogP contribution in [0.3, 0.4) is 0 Å². The third kappa shape index (κ3) is 5.16. The number of hydrogen-bond acceptors (Lipinski definition) is 7. The van der Waals surface area contributed by atoms with E-state index in [1.165, 1.54) is 18.4 Å². The minimum Gasteiger partial charge on any atom is -0.467 e. The van der Waals surface area contributed by atoms with Crippen LogP contribution in [0.15, 0.2) is 41.0 Å². The van der Waals surface area contributed by atoms with E-state index in [4.69, 9.17) is 9.15 Å². The monoisotopic (exact) mass is 415 g/mol. The van der Waals surface area contributed by atoms with Crippen LogP contribution in [-0.4, -0.2) is 36.5 Å². The van der Waals surface area contributed by atoms with E-state index in [2.05, 4.69) is 12.2 Å². The van der Waals surface area contributed by atoms with E-state index in [1.807, 2.05) is 4.90 Å². The van der Waals surface area contributed by atoms with Crippen molar-refractivity contribution in [3.05, 3.63) is 58.0 Å². The quantitative estimate of drug-likeness (QED) is 0.418. The zero-order valence-corrected chi connectivity index (χ0v) is 17.0. The molecule has 1 saturated heterocycles. The summed E-state index contributed by atoms with van der Waals surface area (Å²) in [5.74, 6) is -0.0938. The summed E-state index contributed by atoms with van der Waals surface area (Å²) >= 11 is 0. The Balaban J connectivity index is 1.69. The molecule has 0 radical (unpaired) electrons. The molecule has 0 unspecified atom stereocenters. The van der Waals surface area contributed by atoms with Crippen molar-refractivity contribution in [2.24, 2.45) is 5.92 Å². The lowest BCUT2D eigenvalue weighted by atomic mass is 9.98. The van der Waals surface area contributed by atoms with E-state index < -0.39 is 23.4 Å². The van der Waals surface area contributed by atoms with Crippen LogP contribution in [0.2, 0.25) is 0 Å². The predicted octanol–water partition coefficient (Wildman–Crippen LogP) is 3.46. The van der Waals surface area contributed by atoms with Gasteiger partial charge in [-0.2, -0.15) is 0 Å². The molecule has 0 bridgehead atoms. The summed E-state index contributed by atoms with van der Waals surface area (Å²) in [6.07, 6.45) is 3.44. The Hall–Kier alpha value is -3.36. The molecule has 3 rings (SSSR count). The number of nitro groups is 1. The van der Waals surface area contributed by atoms with Crippen molar-refractivity contribution in [1.82, 2.24) is 5.32 Å². The number of carbonyl (C=O) groups excluding carboxylic acids is 2. The molecular formula is C21H25N3O6. The Labute approximate surface area is 174 Å². The maximum Gasteiger partial charge on any atom is 0.341 e. The summed E-state index contributed by atoms with van der Waals surface area (Å²) in [5.41, 5.74) is 0.472. The molecule has 2 heterocycles. The molecule has 1 aromatic carbocycles. The predicted molar refractivity (Wildman–Crippen MR) is 109 cm³/mol. The second kappa shape index (κ2) is 9.43. The number of nitrogens with zero attached hydrogens (tertiary/aromatic N) is 2. The topological polar surface area (TPSA) is 115 Å². The number of non-ortho nitro benzene ring substituents is 1. The molecule has 1 aromatic heterocycles. The number of carbonyl (C=O) groups is 2. The maximum atomic E-state index is 12.7. The number of nitro benzene ring substituents is 1. The van der Waals surface area contributed by atoms with Crippen molar-refractivity contribution >= 4 is 23.3 Å². The van der Waals surface area contributed by atoms with E-state index >= 15 is 0 Å². The molecule has 1 aliphatic rings. The van der Waals surface area contributed by atoms with Crippen LogP contribution >= 0.6 is 0 Å². The third-order valence-electron chi connectivity index (χ3n) is 5.22. The highest BCUT2D eigenvalue weighted by molar-refractivity contribution is 5.97. The molecule has 1 atom stereocenters. The molecule has 2 aromatic rings. The summed E-state index contributed by atoms with van der Waals surface area (Å²) in [6, 6.07) is 7.22. The molecule has 0 saturated carbocycles. The molecule has 9 heteroatoms. The van der Waals surface area contributed by atoms with Gasteiger partial charge in [-0.15, -0.1) is 0 Å². The first-order valence-electron chi connectivity index (χ1n) is 9.88. The lowest BCUT2D eigenvalue weighted by Crippen LogP contribution is -2.34. The number of ether oxygens (including phenoxy) is 1. The molecule has 9 nitrogen and oxygen atoms in total. The molecule has 30 heavy (non-hydrogen) atoms. The van der Waals surface area contributed by atoms with Gasteiger partial charge in [0.05, 0.1) is 28.5 Å². The van der Waals surface area contributed by atoms with Gasteiger partial charge < -0.3 is 19.4 Å². The largest absolute Gasteiger partial charge is 0.467 e. The average Bonchev–Trinajstić information content (AvgIpc) is 3.27. The van der Waals surface area contributed by atoms with Crippen LogP contribution in [0, 0.1) is 16.0 Å². The summed E-state index contributed by atoms with van der Waals surface area (Å²) in [6.45, 7) is 4.92. The summed E-state index contributed by atoms with van der Waals surface area (Å²) in [7, 11) is 0. The molecular weight excluding hydrogens is 390 g/mol. The molecule has 1 fully saturated rings. The van der Waals surface area contributed by atoms with Crippen molar-refractivity contribution in [1.29, 1.82) is 0 Å². The highest BCUT2D eigenvalue weighted by atomic mass is 16.6. The molecule has 0 aliphatic carbocycles. The third-order valence-corrected chi connectivity index (χ3v) is 5.22. The van der Waals surface area contributed by atoms with Crippen LogP contribution in [0.5, 0.6) is 0 Å². The first-order valence-corrected chi connectivity index (χ1v) is 9.88. The van der Waals surface area contributed by atoms with E-state index in [0.717, 1.165) is 25.9 Å². The fraction of sp³-hybridized carbons (Fsp3) is 0.429. The van der Waals surface area contributed by atoms with Crippen LogP contribution < -0.4 is 10.2 Å². The number of amides is 1. The van der Waals surface area contributed by atoms with Gasteiger partial charge in [0.25, 0.3) is 11.6 Å². The van der Waals surface area contributed by atoms with Crippen LogP contribution in [0.1, 0.15) is 48.8 Å². The Morgan fingerprint density at radius 3 is 2.70 bits per heavy atom. The van der Waals surface area contributed by atoms with E-state index in [0.29, 0.717) is 17.4 Å². The highest BCUT2D eigenvalue weighted by Crippen LogP contribution is 2.30. The van der Waals surface area contributed by atoms with E-state index in [9.17, 15) is 19.7 Å². The SMILES string of the molecule is CC1CCN(c2ccc([N+](=O)[O-])cc2C(=O)OCC(=O)N[C@@H](C)c2ccco2)CC1. The maximum absolute atomic E-state index is 12.7. The van der Waals surface area contributed by atoms with Gasteiger partial charge in [-0.05, 0) is 43.9 Å². The standard InChI is InChI=1S/C21H25N3O6/c1-14-7-9-23(10-8-14)18-6-5-16(24(27)28)12-17(18)21(26)30-13-20(25)22-15(2)19-4-3-11-29-19/h3-6,11-12,14-15H,7-10,13H2,1-2H3,(H,22,25)/t15-/m0/s1. The molecule has 1 aliphatic heterocycles. The second-order valence-corrected chi connectivity index (χ2v) is 7.51. The molecule has 160 valence electrons. The Morgan fingerprint density at radius 2 is 2.07 bits per heavy atom. The van der Waals surface area contributed by atoms with Crippen molar-refractivity contribution in [2.45, 2.75) is 32.7 Å².